The fraction of sp³-hybridized carbons (Fsp3) is 0.462. The largest absolute Gasteiger partial charge is 0.496 e. The molecular weight excluding hydrogens is 236 g/mol. The predicted molar refractivity (Wildman–Crippen MR) is 69.3 cm³/mol. The lowest BCUT2D eigenvalue weighted by Crippen LogP contribution is -2.27. The van der Waals surface area contributed by atoms with E-state index in [2.05, 4.69) is 6.07 Å². The Labute approximate surface area is 108 Å². The first-order valence-corrected chi connectivity index (χ1v) is 5.80. The lowest BCUT2D eigenvalue weighted by molar-refractivity contribution is 0.288. The molecule has 0 radical (unpaired) electrons. The van der Waals surface area contributed by atoms with Gasteiger partial charge < -0.3 is 4.74 Å². The Morgan fingerprint density at radius 1 is 1.53 bits per heavy atom. The molecule has 0 heterocycles. The van der Waals surface area contributed by atoms with E-state index in [1.54, 1.807) is 7.11 Å². The molecule has 92 valence electrons. The Balaban J connectivity index is 2.98. The second-order valence-corrected chi connectivity index (χ2v) is 4.54. The van der Waals surface area contributed by atoms with E-state index >= 15 is 0 Å². The van der Waals surface area contributed by atoms with Gasteiger partial charge in [0.15, 0.2) is 0 Å². The first-order valence-electron chi connectivity index (χ1n) is 5.42. The van der Waals surface area contributed by atoms with Gasteiger partial charge in [-0.15, -0.1) is 0 Å². The number of methoxy groups -OCH3 is 1. The highest BCUT2D eigenvalue weighted by atomic mass is 35.5. The van der Waals surface area contributed by atoms with Gasteiger partial charge in [-0.05, 0) is 38.6 Å². The van der Waals surface area contributed by atoms with Crippen molar-refractivity contribution in [3.05, 3.63) is 28.3 Å². The number of nitriles is 1. The SMILES string of the molecule is COc1cc(C)c(Cl)cc1CN(C)C(C)C#N. The smallest absolute Gasteiger partial charge is 0.123 e. The monoisotopic (exact) mass is 252 g/mol. The highest BCUT2D eigenvalue weighted by Gasteiger charge is 2.13. The van der Waals surface area contributed by atoms with Crippen LogP contribution in [0.3, 0.4) is 0 Å². The van der Waals surface area contributed by atoms with E-state index in [4.69, 9.17) is 21.6 Å². The van der Waals surface area contributed by atoms with Gasteiger partial charge in [-0.2, -0.15) is 5.26 Å². The molecule has 0 aliphatic heterocycles. The average Bonchev–Trinajstić information content (AvgIpc) is 2.32. The molecular formula is C13H17ClN2O. The van der Waals surface area contributed by atoms with Crippen LogP contribution in [0, 0.1) is 18.3 Å². The number of hydrogen-bond acceptors (Lipinski definition) is 3. The van der Waals surface area contributed by atoms with Crippen LogP contribution in [-0.2, 0) is 6.54 Å². The van der Waals surface area contributed by atoms with E-state index < -0.39 is 0 Å². The molecule has 0 saturated heterocycles. The van der Waals surface area contributed by atoms with Crippen LogP contribution in [0.1, 0.15) is 18.1 Å². The Kier molecular flexibility index (Phi) is 4.80. The van der Waals surface area contributed by atoms with Gasteiger partial charge in [-0.25, -0.2) is 0 Å². The molecule has 0 amide bonds. The summed E-state index contributed by atoms with van der Waals surface area (Å²) in [5, 5.41) is 9.58. The molecule has 1 aromatic carbocycles. The third kappa shape index (κ3) is 3.36. The van der Waals surface area contributed by atoms with Crippen LogP contribution >= 0.6 is 11.6 Å². The molecule has 0 N–H and O–H groups in total. The normalized spacial score (nSPS) is 12.3. The zero-order valence-electron chi connectivity index (χ0n) is 10.6. The first-order chi connectivity index (χ1) is 7.99. The predicted octanol–water partition coefficient (Wildman–Crippen LogP) is 3.00. The number of aryl methyl sites for hydroxylation is 1. The summed E-state index contributed by atoms with van der Waals surface area (Å²) in [6.07, 6.45) is 0. The lowest BCUT2D eigenvalue weighted by atomic mass is 10.1. The third-order valence-corrected chi connectivity index (χ3v) is 3.24. The summed E-state index contributed by atoms with van der Waals surface area (Å²) in [4.78, 5) is 1.95. The van der Waals surface area contributed by atoms with Crippen LogP contribution in [-0.4, -0.2) is 25.1 Å². The highest BCUT2D eigenvalue weighted by molar-refractivity contribution is 6.31. The zero-order chi connectivity index (χ0) is 13.0. The van der Waals surface area contributed by atoms with Crippen LogP contribution in [0.15, 0.2) is 12.1 Å². The molecule has 0 saturated carbocycles. The van der Waals surface area contributed by atoms with Crippen LogP contribution < -0.4 is 4.74 Å². The van der Waals surface area contributed by atoms with Gasteiger partial charge in [-0.3, -0.25) is 4.90 Å². The Morgan fingerprint density at radius 2 is 2.18 bits per heavy atom. The number of rotatable bonds is 4. The van der Waals surface area contributed by atoms with E-state index in [0.717, 1.165) is 21.9 Å². The summed E-state index contributed by atoms with van der Waals surface area (Å²) in [5.41, 5.74) is 1.98. The quantitative estimate of drug-likeness (QED) is 0.827. The topological polar surface area (TPSA) is 36.3 Å². The summed E-state index contributed by atoms with van der Waals surface area (Å²) in [5.74, 6) is 0.809. The van der Waals surface area contributed by atoms with Crippen LogP contribution in [0.25, 0.3) is 0 Å². The van der Waals surface area contributed by atoms with Crippen molar-refractivity contribution in [2.24, 2.45) is 0 Å². The first kappa shape index (κ1) is 13.8. The zero-order valence-corrected chi connectivity index (χ0v) is 11.4. The Morgan fingerprint density at radius 3 is 2.71 bits per heavy atom. The summed E-state index contributed by atoms with van der Waals surface area (Å²) in [6, 6.07) is 5.88. The number of nitrogens with zero attached hydrogens (tertiary/aromatic N) is 2. The van der Waals surface area contributed by atoms with Gasteiger partial charge in [0.1, 0.15) is 5.75 Å². The molecule has 0 bridgehead atoms. The third-order valence-electron chi connectivity index (χ3n) is 2.83. The maximum atomic E-state index is 8.86. The van der Waals surface area contributed by atoms with Crippen LogP contribution in [0.2, 0.25) is 5.02 Å². The molecule has 1 rings (SSSR count). The molecule has 17 heavy (non-hydrogen) atoms. The summed E-state index contributed by atoms with van der Waals surface area (Å²) in [7, 11) is 3.54. The van der Waals surface area contributed by atoms with Crippen molar-refractivity contribution >= 4 is 11.6 Å². The van der Waals surface area contributed by atoms with Crippen molar-refractivity contribution in [3.63, 3.8) is 0 Å². The van der Waals surface area contributed by atoms with Gasteiger partial charge in [-0.1, -0.05) is 11.6 Å². The minimum absolute atomic E-state index is 0.139. The molecule has 0 fully saturated rings. The Bertz CT molecular complexity index is 440. The lowest BCUT2D eigenvalue weighted by Gasteiger charge is -2.20. The van der Waals surface area contributed by atoms with Crippen molar-refractivity contribution < 1.29 is 4.74 Å². The second kappa shape index (κ2) is 5.90. The van der Waals surface area contributed by atoms with E-state index in [-0.39, 0.29) is 6.04 Å². The maximum absolute atomic E-state index is 8.86. The number of hydrogen-bond donors (Lipinski definition) is 0. The number of benzene rings is 1. The molecule has 3 nitrogen and oxygen atoms in total. The fourth-order valence-corrected chi connectivity index (χ4v) is 1.70. The van der Waals surface area contributed by atoms with Crippen molar-refractivity contribution in [1.82, 2.24) is 4.90 Å². The van der Waals surface area contributed by atoms with Crippen molar-refractivity contribution in [2.45, 2.75) is 26.4 Å². The van der Waals surface area contributed by atoms with Crippen LogP contribution in [0.4, 0.5) is 0 Å². The Hall–Kier alpha value is -1.24. The molecule has 0 aromatic heterocycles. The van der Waals surface area contributed by atoms with Gasteiger partial charge in [0.25, 0.3) is 0 Å². The van der Waals surface area contributed by atoms with Crippen LogP contribution in [0.5, 0.6) is 5.75 Å². The van der Waals surface area contributed by atoms with E-state index in [0.29, 0.717) is 6.54 Å². The van der Waals surface area contributed by atoms with Crippen molar-refractivity contribution in [2.75, 3.05) is 14.2 Å². The summed E-state index contributed by atoms with van der Waals surface area (Å²) in [6.45, 7) is 4.44. The molecule has 0 aliphatic rings. The van der Waals surface area contributed by atoms with Gasteiger partial charge in [0, 0.05) is 17.1 Å². The maximum Gasteiger partial charge on any atom is 0.123 e. The molecule has 0 aliphatic carbocycles. The van der Waals surface area contributed by atoms with E-state index in [9.17, 15) is 0 Å². The minimum atomic E-state index is -0.139. The van der Waals surface area contributed by atoms with Gasteiger partial charge in [0.05, 0.1) is 19.2 Å². The van der Waals surface area contributed by atoms with Crippen molar-refractivity contribution in [1.29, 1.82) is 5.26 Å². The average molecular weight is 253 g/mol. The van der Waals surface area contributed by atoms with E-state index in [1.165, 1.54) is 0 Å². The molecule has 4 heteroatoms. The second-order valence-electron chi connectivity index (χ2n) is 4.13. The molecule has 1 atom stereocenters. The van der Waals surface area contributed by atoms with E-state index in [1.807, 2.05) is 37.9 Å². The highest BCUT2D eigenvalue weighted by Crippen LogP contribution is 2.27. The number of ether oxygens (including phenoxy) is 1. The number of halogens is 1. The minimum Gasteiger partial charge on any atom is -0.496 e. The van der Waals surface area contributed by atoms with Gasteiger partial charge >= 0.3 is 0 Å². The molecule has 1 unspecified atom stereocenters. The molecule has 0 spiro atoms. The fourth-order valence-electron chi connectivity index (χ4n) is 1.51. The standard InChI is InChI=1S/C13H17ClN2O/c1-9-5-13(17-4)11(6-12(9)14)8-16(3)10(2)7-15/h5-6,10H,8H2,1-4H3. The van der Waals surface area contributed by atoms with Gasteiger partial charge in [0.2, 0.25) is 0 Å². The molecule has 1 aromatic rings. The van der Waals surface area contributed by atoms with Crippen molar-refractivity contribution in [3.8, 4) is 11.8 Å². The summed E-state index contributed by atoms with van der Waals surface area (Å²) < 4.78 is 5.33. The summed E-state index contributed by atoms with van der Waals surface area (Å²) >= 11 is 6.10.